The van der Waals surface area contributed by atoms with Crippen LogP contribution in [0.2, 0.25) is 0 Å². The van der Waals surface area contributed by atoms with Crippen LogP contribution in [0.1, 0.15) is 63.0 Å². The van der Waals surface area contributed by atoms with Crippen molar-refractivity contribution in [2.24, 2.45) is 11.8 Å². The third kappa shape index (κ3) is 5.20. The molecule has 1 heterocycles. The van der Waals surface area contributed by atoms with Crippen molar-refractivity contribution in [3.8, 4) is 0 Å². The van der Waals surface area contributed by atoms with Crippen LogP contribution in [0.15, 0.2) is 30.3 Å². The fourth-order valence-corrected chi connectivity index (χ4v) is 5.71. The lowest BCUT2D eigenvalue weighted by Gasteiger charge is -2.55. The molecular weight excluding hydrogens is 417 g/mol. The summed E-state index contributed by atoms with van der Waals surface area (Å²) in [6.07, 6.45) is 4.89. The van der Waals surface area contributed by atoms with Crippen LogP contribution in [-0.4, -0.2) is 46.7 Å². The van der Waals surface area contributed by atoms with Crippen molar-refractivity contribution in [1.82, 2.24) is 10.2 Å². The molecule has 7 heteroatoms. The van der Waals surface area contributed by atoms with E-state index in [0.717, 1.165) is 50.4 Å². The molecule has 0 radical (unpaired) electrons. The van der Waals surface area contributed by atoms with Crippen LogP contribution in [0.3, 0.4) is 0 Å². The molecule has 4 rings (SSSR count). The predicted molar refractivity (Wildman–Crippen MR) is 118 cm³/mol. The Balaban J connectivity index is 1.34. The second-order valence-electron chi connectivity index (χ2n) is 9.78. The Bertz CT molecular complexity index is 852. The minimum Gasteiger partial charge on any atom is -0.388 e. The monoisotopic (exact) mass is 450 g/mol. The second kappa shape index (κ2) is 9.18. The van der Waals surface area contributed by atoms with Crippen LogP contribution in [-0.2, 0) is 11.0 Å². The fraction of sp³-hybridized carbons (Fsp3) is 0.640. The smallest absolute Gasteiger partial charge is 0.388 e. The first-order chi connectivity index (χ1) is 15.2. The summed E-state index contributed by atoms with van der Waals surface area (Å²) in [4.78, 5) is 14.9. The van der Waals surface area contributed by atoms with Gasteiger partial charge in [0.2, 0.25) is 5.91 Å². The highest BCUT2D eigenvalue weighted by molar-refractivity contribution is 5.91. The number of likely N-dealkylation sites (tertiary alicyclic amines) is 1. The lowest BCUT2D eigenvalue weighted by atomic mass is 9.65. The van der Waals surface area contributed by atoms with E-state index in [1.165, 1.54) is 31.1 Å². The van der Waals surface area contributed by atoms with Crippen molar-refractivity contribution in [2.45, 2.75) is 75.7 Å². The van der Waals surface area contributed by atoms with Crippen LogP contribution in [0.5, 0.6) is 0 Å². The molecule has 3 aliphatic rings. The van der Waals surface area contributed by atoms with Gasteiger partial charge < -0.3 is 10.4 Å². The van der Waals surface area contributed by atoms with Gasteiger partial charge in [0.1, 0.15) is 0 Å². The molecule has 0 spiro atoms. The zero-order chi connectivity index (χ0) is 22.9. The lowest BCUT2D eigenvalue weighted by Crippen LogP contribution is -2.64. The minimum absolute atomic E-state index is 0.0218. The maximum Gasteiger partial charge on any atom is 0.416 e. The topological polar surface area (TPSA) is 52.6 Å². The number of fused-ring (bicyclic) bond motifs is 1. The molecule has 1 aromatic carbocycles. The number of hydrogen-bond donors (Lipinski definition) is 2. The standard InChI is InChI=1S/C25H33F3N2O2/c1-2-22-24(32)12-10-21(15-19(24)11-13-30(22)16-18-6-7-18)29-23(31)9-8-17-4-3-5-20(14-17)25(26,27)28/h3-5,8-9,14,18-19,21-22,32H,2,6-7,10-13,15-16H2,1H3,(H,29,31)/b9-8+/t19?,21?,22-,24?/m1/s1. The highest BCUT2D eigenvalue weighted by atomic mass is 19.4. The van der Waals surface area contributed by atoms with Crippen LogP contribution < -0.4 is 5.32 Å². The number of alkyl halides is 3. The van der Waals surface area contributed by atoms with Crippen molar-refractivity contribution in [3.63, 3.8) is 0 Å². The van der Waals surface area contributed by atoms with Gasteiger partial charge >= 0.3 is 6.18 Å². The summed E-state index contributed by atoms with van der Waals surface area (Å²) >= 11 is 0. The highest BCUT2D eigenvalue weighted by Gasteiger charge is 2.52. The fourth-order valence-electron chi connectivity index (χ4n) is 5.71. The summed E-state index contributed by atoms with van der Waals surface area (Å²) in [7, 11) is 0. The van der Waals surface area contributed by atoms with E-state index in [4.69, 9.17) is 0 Å². The molecule has 32 heavy (non-hydrogen) atoms. The minimum atomic E-state index is -4.41. The average molecular weight is 451 g/mol. The number of halogens is 3. The molecule has 0 bridgehead atoms. The van der Waals surface area contributed by atoms with E-state index in [1.807, 2.05) is 0 Å². The van der Waals surface area contributed by atoms with E-state index in [-0.39, 0.29) is 23.9 Å². The second-order valence-corrected chi connectivity index (χ2v) is 9.78. The number of nitrogens with zero attached hydrogens (tertiary/aromatic N) is 1. The Kier molecular flexibility index (Phi) is 6.68. The van der Waals surface area contributed by atoms with E-state index in [1.54, 1.807) is 6.07 Å². The molecule has 4 atom stereocenters. The molecular formula is C25H33F3N2O2. The maximum atomic E-state index is 12.9. The number of amides is 1. The zero-order valence-electron chi connectivity index (χ0n) is 18.6. The molecule has 3 fully saturated rings. The molecule has 3 unspecified atom stereocenters. The van der Waals surface area contributed by atoms with E-state index >= 15 is 0 Å². The van der Waals surface area contributed by atoms with Crippen LogP contribution in [0, 0.1) is 11.8 Å². The summed E-state index contributed by atoms with van der Waals surface area (Å²) < 4.78 is 38.6. The Hall–Kier alpha value is -1.86. The van der Waals surface area contributed by atoms with Crippen LogP contribution in [0.25, 0.3) is 6.08 Å². The lowest BCUT2D eigenvalue weighted by molar-refractivity contribution is -0.148. The van der Waals surface area contributed by atoms with Gasteiger partial charge in [0, 0.05) is 24.7 Å². The molecule has 2 saturated carbocycles. The number of piperidine rings is 1. The molecule has 1 aliphatic heterocycles. The maximum absolute atomic E-state index is 12.9. The first-order valence-corrected chi connectivity index (χ1v) is 11.8. The number of rotatable bonds is 6. The summed E-state index contributed by atoms with van der Waals surface area (Å²) in [5, 5.41) is 14.6. The summed E-state index contributed by atoms with van der Waals surface area (Å²) in [6.45, 7) is 4.24. The largest absolute Gasteiger partial charge is 0.416 e. The SMILES string of the molecule is CC[C@H]1N(CC2CC2)CCC2CC(NC(=O)/C=C/c3cccc(C(F)(F)F)c3)CCC21O. The van der Waals surface area contributed by atoms with Gasteiger partial charge in [-0.1, -0.05) is 19.1 Å². The number of carbonyl (C=O) groups is 1. The van der Waals surface area contributed by atoms with Crippen molar-refractivity contribution < 1.29 is 23.1 Å². The van der Waals surface area contributed by atoms with Crippen molar-refractivity contribution in [2.75, 3.05) is 13.1 Å². The zero-order valence-corrected chi connectivity index (χ0v) is 18.6. The number of carbonyl (C=O) groups excluding carboxylic acids is 1. The average Bonchev–Trinajstić information content (AvgIpc) is 3.56. The number of benzene rings is 1. The van der Waals surface area contributed by atoms with Gasteiger partial charge in [0.05, 0.1) is 11.2 Å². The van der Waals surface area contributed by atoms with Crippen molar-refractivity contribution >= 4 is 12.0 Å². The van der Waals surface area contributed by atoms with Crippen molar-refractivity contribution in [3.05, 3.63) is 41.5 Å². The van der Waals surface area contributed by atoms with Gasteiger partial charge in [0.25, 0.3) is 0 Å². The van der Waals surface area contributed by atoms with Crippen molar-refractivity contribution in [1.29, 1.82) is 0 Å². The van der Waals surface area contributed by atoms with E-state index < -0.39 is 17.3 Å². The molecule has 1 aromatic rings. The molecule has 1 amide bonds. The van der Waals surface area contributed by atoms with Gasteiger partial charge in [0.15, 0.2) is 0 Å². The molecule has 1 saturated heterocycles. The summed E-state index contributed by atoms with van der Waals surface area (Å²) in [6, 6.07) is 5.08. The van der Waals surface area contributed by atoms with Crippen LogP contribution in [0.4, 0.5) is 13.2 Å². The molecule has 176 valence electrons. The van der Waals surface area contributed by atoms with Gasteiger partial charge in [-0.15, -0.1) is 0 Å². The van der Waals surface area contributed by atoms with Gasteiger partial charge in [-0.2, -0.15) is 13.2 Å². The predicted octanol–water partition coefficient (Wildman–Crippen LogP) is 4.63. The van der Waals surface area contributed by atoms with Gasteiger partial charge in [-0.3, -0.25) is 9.69 Å². The number of hydrogen-bond acceptors (Lipinski definition) is 3. The van der Waals surface area contributed by atoms with Crippen LogP contribution >= 0.6 is 0 Å². The first-order valence-electron chi connectivity index (χ1n) is 11.8. The Morgan fingerprint density at radius 1 is 1.28 bits per heavy atom. The quantitative estimate of drug-likeness (QED) is 0.622. The molecule has 2 N–H and O–H groups in total. The Morgan fingerprint density at radius 2 is 2.06 bits per heavy atom. The van der Waals surface area contributed by atoms with E-state index in [2.05, 4.69) is 17.1 Å². The van der Waals surface area contributed by atoms with Gasteiger partial charge in [-0.05, 0) is 87.1 Å². The number of nitrogens with one attached hydrogen (secondary N) is 1. The molecule has 0 aromatic heterocycles. The van der Waals surface area contributed by atoms with Gasteiger partial charge in [-0.25, -0.2) is 0 Å². The normalized spacial score (nSPS) is 31.5. The summed E-state index contributed by atoms with van der Waals surface area (Å²) in [5.74, 6) is 0.647. The molecule has 2 aliphatic carbocycles. The third-order valence-electron chi connectivity index (χ3n) is 7.52. The molecule has 4 nitrogen and oxygen atoms in total. The summed E-state index contributed by atoms with van der Waals surface area (Å²) in [5.41, 5.74) is -1.09. The van der Waals surface area contributed by atoms with E-state index in [9.17, 15) is 23.1 Å². The highest BCUT2D eigenvalue weighted by Crippen LogP contribution is 2.45. The Morgan fingerprint density at radius 3 is 2.75 bits per heavy atom. The first kappa shape index (κ1) is 23.3. The van der Waals surface area contributed by atoms with E-state index in [0.29, 0.717) is 18.4 Å². The third-order valence-corrected chi connectivity index (χ3v) is 7.52. The Labute approximate surface area is 187 Å². The number of aliphatic hydroxyl groups is 1.